The number of anilines is 3. The van der Waals surface area contributed by atoms with Gasteiger partial charge in [-0.25, -0.2) is 4.98 Å². The maximum Gasteiger partial charge on any atom is 0.421 e. The number of hydrogen-bond acceptors (Lipinski definition) is 5. The fourth-order valence-electron chi connectivity index (χ4n) is 4.12. The predicted octanol–water partition coefficient (Wildman–Crippen LogP) is 7.71. The van der Waals surface area contributed by atoms with Crippen LogP contribution in [0.25, 0.3) is 0 Å². The van der Waals surface area contributed by atoms with Gasteiger partial charge in [0.05, 0.1) is 10.0 Å². The molecular weight excluding hydrogens is 574 g/mol. The van der Waals surface area contributed by atoms with E-state index in [-0.39, 0.29) is 17.4 Å². The Hall–Kier alpha value is -3.82. The van der Waals surface area contributed by atoms with Gasteiger partial charge >= 0.3 is 6.18 Å². The normalized spacial score (nSPS) is 12.0. The summed E-state index contributed by atoms with van der Waals surface area (Å²) in [7, 11) is 0. The van der Waals surface area contributed by atoms with Crippen LogP contribution < -0.4 is 16.0 Å². The Balaban J connectivity index is 1.51. The molecule has 0 spiro atoms. The number of aromatic nitrogens is 2. The number of rotatable bonds is 12. The first-order valence-electron chi connectivity index (χ1n) is 13.0. The molecule has 214 valence electrons. The van der Waals surface area contributed by atoms with Gasteiger partial charge in [0.15, 0.2) is 0 Å². The molecule has 4 aromatic rings. The monoisotopic (exact) mass is 601 g/mol. The van der Waals surface area contributed by atoms with Gasteiger partial charge in [-0.3, -0.25) is 4.79 Å². The fraction of sp³-hybridized carbons (Fsp3) is 0.233. The van der Waals surface area contributed by atoms with Crippen molar-refractivity contribution in [2.24, 2.45) is 0 Å². The quantitative estimate of drug-likeness (QED) is 0.145. The number of carbonyl (C=O) groups excluding carboxylic acids is 1. The van der Waals surface area contributed by atoms with Crippen LogP contribution in [-0.4, -0.2) is 28.5 Å². The first kappa shape index (κ1) is 30.1. The van der Waals surface area contributed by atoms with Crippen LogP contribution in [0.1, 0.15) is 29.5 Å². The molecule has 3 aromatic carbocycles. The number of nitrogens with zero attached hydrogens (tertiary/aromatic N) is 2. The molecule has 1 atom stereocenters. The zero-order chi connectivity index (χ0) is 29.2. The molecular formula is C30H28Cl2F3N5O. The van der Waals surface area contributed by atoms with Crippen molar-refractivity contribution in [3.05, 3.63) is 112 Å². The molecule has 0 aliphatic rings. The molecule has 11 heteroatoms. The van der Waals surface area contributed by atoms with E-state index in [4.69, 9.17) is 23.2 Å². The highest BCUT2D eigenvalue weighted by Gasteiger charge is 2.36. The van der Waals surface area contributed by atoms with Gasteiger partial charge in [-0.15, -0.1) is 0 Å². The van der Waals surface area contributed by atoms with Gasteiger partial charge in [-0.05, 0) is 48.6 Å². The highest BCUT2D eigenvalue weighted by atomic mass is 35.5. The molecule has 0 bridgehead atoms. The zero-order valence-electron chi connectivity index (χ0n) is 21.9. The zero-order valence-corrected chi connectivity index (χ0v) is 23.4. The van der Waals surface area contributed by atoms with Crippen molar-refractivity contribution in [1.29, 1.82) is 0 Å². The summed E-state index contributed by atoms with van der Waals surface area (Å²) >= 11 is 12.0. The summed E-state index contributed by atoms with van der Waals surface area (Å²) in [5, 5.41) is 9.02. The van der Waals surface area contributed by atoms with Crippen molar-refractivity contribution < 1.29 is 18.0 Å². The number of nitrogens with one attached hydrogen (secondary N) is 3. The lowest BCUT2D eigenvalue weighted by molar-refractivity contribution is -0.137. The first-order chi connectivity index (χ1) is 19.7. The summed E-state index contributed by atoms with van der Waals surface area (Å²) in [5.41, 5.74) is 1.32. The number of benzene rings is 3. The molecule has 0 saturated heterocycles. The second kappa shape index (κ2) is 14.2. The molecule has 3 N–H and O–H groups in total. The van der Waals surface area contributed by atoms with E-state index in [2.05, 4.69) is 25.9 Å². The predicted molar refractivity (Wildman–Crippen MR) is 157 cm³/mol. The number of halogens is 5. The maximum absolute atomic E-state index is 13.9. The van der Waals surface area contributed by atoms with Gasteiger partial charge in [-0.2, -0.15) is 18.2 Å². The van der Waals surface area contributed by atoms with Crippen molar-refractivity contribution in [2.75, 3.05) is 17.2 Å². The number of carbonyl (C=O) groups is 1. The largest absolute Gasteiger partial charge is 0.421 e. The van der Waals surface area contributed by atoms with Crippen LogP contribution in [0.4, 0.5) is 30.6 Å². The van der Waals surface area contributed by atoms with Gasteiger partial charge < -0.3 is 16.0 Å². The van der Waals surface area contributed by atoms with Gasteiger partial charge in [0.2, 0.25) is 11.9 Å². The molecule has 4 rings (SSSR count). The van der Waals surface area contributed by atoms with Gasteiger partial charge in [0.1, 0.15) is 17.4 Å². The van der Waals surface area contributed by atoms with Crippen molar-refractivity contribution in [3.8, 4) is 0 Å². The summed E-state index contributed by atoms with van der Waals surface area (Å²) in [6.07, 6.45) is -1.49. The van der Waals surface area contributed by atoms with E-state index in [9.17, 15) is 18.0 Å². The van der Waals surface area contributed by atoms with Gasteiger partial charge in [0, 0.05) is 24.8 Å². The van der Waals surface area contributed by atoms with Crippen LogP contribution in [0.5, 0.6) is 0 Å². The highest BCUT2D eigenvalue weighted by Crippen LogP contribution is 2.35. The molecule has 1 unspecified atom stereocenters. The third kappa shape index (κ3) is 9.09. The van der Waals surface area contributed by atoms with E-state index in [0.29, 0.717) is 23.5 Å². The maximum atomic E-state index is 13.9. The fourth-order valence-corrected chi connectivity index (χ4v) is 4.42. The lowest BCUT2D eigenvalue weighted by Gasteiger charge is -2.22. The number of alkyl halides is 3. The van der Waals surface area contributed by atoms with E-state index < -0.39 is 29.5 Å². The molecule has 0 fully saturated rings. The van der Waals surface area contributed by atoms with Crippen molar-refractivity contribution in [1.82, 2.24) is 15.3 Å². The Bertz CT molecular complexity index is 1440. The van der Waals surface area contributed by atoms with Crippen molar-refractivity contribution in [2.45, 2.75) is 37.9 Å². The molecule has 1 aromatic heterocycles. The van der Waals surface area contributed by atoms with Crippen LogP contribution in [0.3, 0.4) is 0 Å². The third-order valence-electron chi connectivity index (χ3n) is 6.21. The standard InChI is InChI=1S/C30H28Cl2F3N5O/c31-24-15-14-22(18-25(24)32)38-29-37-19-23(30(33,34)35)27(40-29)39-26(17-21-12-5-2-6-13-21)28(41)36-16-8-7-11-20-9-3-1-4-10-20/h1-6,9-10,12-15,18-19,26H,7-8,11,16-17H2,(H,36,41)(H2,37,38,39,40). The minimum atomic E-state index is -4.75. The summed E-state index contributed by atoms with van der Waals surface area (Å²) in [6.45, 7) is 0.388. The lowest BCUT2D eigenvalue weighted by atomic mass is 10.0. The van der Waals surface area contributed by atoms with Gasteiger partial charge in [-0.1, -0.05) is 83.9 Å². The van der Waals surface area contributed by atoms with E-state index in [0.717, 1.165) is 24.8 Å². The summed E-state index contributed by atoms with van der Waals surface area (Å²) in [5.74, 6) is -1.06. The minimum absolute atomic E-state index is 0.112. The van der Waals surface area contributed by atoms with E-state index in [1.54, 1.807) is 18.2 Å². The molecule has 6 nitrogen and oxygen atoms in total. The Labute approximate surface area is 246 Å². The van der Waals surface area contributed by atoms with E-state index in [1.165, 1.54) is 17.7 Å². The Morgan fingerprint density at radius 3 is 2.22 bits per heavy atom. The van der Waals surface area contributed by atoms with Crippen LogP contribution in [0.15, 0.2) is 85.1 Å². The van der Waals surface area contributed by atoms with Crippen LogP contribution in [0.2, 0.25) is 10.0 Å². The number of amides is 1. The first-order valence-corrected chi connectivity index (χ1v) is 13.7. The van der Waals surface area contributed by atoms with E-state index >= 15 is 0 Å². The lowest BCUT2D eigenvalue weighted by Crippen LogP contribution is -2.42. The third-order valence-corrected chi connectivity index (χ3v) is 6.95. The number of aryl methyl sites for hydroxylation is 1. The second-order valence-corrected chi connectivity index (χ2v) is 10.1. The van der Waals surface area contributed by atoms with Crippen LogP contribution >= 0.6 is 23.2 Å². The smallest absolute Gasteiger partial charge is 0.357 e. The van der Waals surface area contributed by atoms with Crippen LogP contribution in [0, 0.1) is 0 Å². The topological polar surface area (TPSA) is 78.9 Å². The average Bonchev–Trinajstić information content (AvgIpc) is 2.95. The van der Waals surface area contributed by atoms with Crippen molar-refractivity contribution >= 4 is 46.6 Å². The molecule has 1 amide bonds. The van der Waals surface area contributed by atoms with E-state index in [1.807, 2.05) is 48.5 Å². The van der Waals surface area contributed by atoms with Crippen molar-refractivity contribution in [3.63, 3.8) is 0 Å². The molecule has 0 saturated carbocycles. The average molecular weight is 602 g/mol. The van der Waals surface area contributed by atoms with Crippen LogP contribution in [-0.2, 0) is 23.8 Å². The SMILES string of the molecule is O=C(NCCCCc1ccccc1)C(Cc1ccccc1)Nc1nc(Nc2ccc(Cl)c(Cl)c2)ncc1C(F)(F)F. The Kier molecular flexibility index (Phi) is 10.4. The molecule has 1 heterocycles. The summed E-state index contributed by atoms with van der Waals surface area (Å²) in [4.78, 5) is 21.2. The summed E-state index contributed by atoms with van der Waals surface area (Å²) < 4.78 is 41.8. The Morgan fingerprint density at radius 2 is 1.56 bits per heavy atom. The Morgan fingerprint density at radius 1 is 0.878 bits per heavy atom. The molecule has 0 radical (unpaired) electrons. The van der Waals surface area contributed by atoms with Gasteiger partial charge in [0.25, 0.3) is 0 Å². The molecule has 0 aliphatic carbocycles. The molecule has 41 heavy (non-hydrogen) atoms. The summed E-state index contributed by atoms with van der Waals surface area (Å²) in [6, 6.07) is 22.7. The molecule has 0 aliphatic heterocycles. The highest BCUT2D eigenvalue weighted by molar-refractivity contribution is 6.42. The minimum Gasteiger partial charge on any atom is -0.357 e. The second-order valence-electron chi connectivity index (χ2n) is 9.33. The number of unbranched alkanes of at least 4 members (excludes halogenated alkanes) is 1. The number of hydrogen-bond donors (Lipinski definition) is 3.